The summed E-state index contributed by atoms with van der Waals surface area (Å²) in [6.45, 7) is 4.44. The first kappa shape index (κ1) is 20.5. The van der Waals surface area contributed by atoms with Gasteiger partial charge >= 0.3 is 0 Å². The van der Waals surface area contributed by atoms with Gasteiger partial charge in [-0.15, -0.1) is 0 Å². The van der Waals surface area contributed by atoms with Crippen molar-refractivity contribution in [2.75, 3.05) is 5.32 Å². The molecule has 0 atom stereocenters. The summed E-state index contributed by atoms with van der Waals surface area (Å²) in [6, 6.07) is 22.9. The van der Waals surface area contributed by atoms with Crippen LogP contribution in [0, 0.1) is 0 Å². The molecule has 4 aromatic rings. The van der Waals surface area contributed by atoms with E-state index in [0.717, 1.165) is 35.2 Å². The number of rotatable bonds is 6. The number of fused-ring (bicyclic) bond motifs is 1. The number of para-hydroxylation sites is 1. The maximum Gasteiger partial charge on any atom is 0.276 e. The second-order valence-corrected chi connectivity index (χ2v) is 7.46. The van der Waals surface area contributed by atoms with Crippen LogP contribution in [0.3, 0.4) is 0 Å². The molecule has 0 saturated carbocycles. The molecule has 1 aromatic heterocycles. The van der Waals surface area contributed by atoms with Crippen LogP contribution in [-0.2, 0) is 19.4 Å². The predicted molar refractivity (Wildman–Crippen MR) is 125 cm³/mol. The largest absolute Gasteiger partial charge is 0.320 e. The van der Waals surface area contributed by atoms with Crippen molar-refractivity contribution >= 4 is 22.4 Å². The topological polar surface area (TPSA) is 64.0 Å². The van der Waals surface area contributed by atoms with Gasteiger partial charge in [0.25, 0.3) is 11.5 Å². The predicted octanol–water partition coefficient (Wildman–Crippen LogP) is 4.82. The molecule has 31 heavy (non-hydrogen) atoms. The van der Waals surface area contributed by atoms with Crippen LogP contribution in [0.5, 0.6) is 0 Å². The average molecular weight is 412 g/mol. The lowest BCUT2D eigenvalue weighted by Gasteiger charge is -2.16. The highest BCUT2D eigenvalue weighted by Crippen LogP contribution is 2.24. The summed E-state index contributed by atoms with van der Waals surface area (Å²) in [5.41, 5.74) is 3.98. The number of hydrogen-bond acceptors (Lipinski definition) is 3. The molecule has 0 aliphatic rings. The van der Waals surface area contributed by atoms with Crippen molar-refractivity contribution in [1.82, 2.24) is 9.78 Å². The number of aryl methyl sites for hydroxylation is 2. The van der Waals surface area contributed by atoms with Crippen LogP contribution in [0.2, 0.25) is 0 Å². The molecule has 4 rings (SSSR count). The van der Waals surface area contributed by atoms with E-state index in [2.05, 4.69) is 24.3 Å². The number of nitrogens with one attached hydrogen (secondary N) is 1. The molecule has 0 spiro atoms. The van der Waals surface area contributed by atoms with Gasteiger partial charge in [0.15, 0.2) is 5.69 Å². The summed E-state index contributed by atoms with van der Waals surface area (Å²) >= 11 is 0. The van der Waals surface area contributed by atoms with E-state index in [9.17, 15) is 9.59 Å². The molecule has 1 heterocycles. The molecule has 5 nitrogen and oxygen atoms in total. The van der Waals surface area contributed by atoms with Crippen molar-refractivity contribution in [3.05, 3.63) is 106 Å². The molecule has 156 valence electrons. The Morgan fingerprint density at radius 1 is 0.839 bits per heavy atom. The number of benzene rings is 3. The van der Waals surface area contributed by atoms with Crippen LogP contribution in [0.4, 0.5) is 5.69 Å². The molecule has 0 aliphatic heterocycles. The standard InChI is InChI=1S/C26H25N3O2/c1-3-19-13-10-14-20(4-2)23(19)27-25(30)24-21-15-8-9-16-22(21)26(31)29(28-24)17-18-11-6-5-7-12-18/h5-16H,3-4,17H2,1-2H3,(H,27,30). The second-order valence-electron chi connectivity index (χ2n) is 7.46. The fourth-order valence-electron chi connectivity index (χ4n) is 3.84. The Labute approximate surface area is 181 Å². The van der Waals surface area contributed by atoms with Crippen molar-refractivity contribution in [2.45, 2.75) is 33.2 Å². The number of amides is 1. The zero-order chi connectivity index (χ0) is 21.8. The molecule has 0 radical (unpaired) electrons. The van der Waals surface area contributed by atoms with Crippen LogP contribution >= 0.6 is 0 Å². The van der Waals surface area contributed by atoms with Crippen molar-refractivity contribution in [3.8, 4) is 0 Å². The molecule has 0 fully saturated rings. The maximum atomic E-state index is 13.4. The van der Waals surface area contributed by atoms with Gasteiger partial charge in [-0.05, 0) is 35.6 Å². The Kier molecular flexibility index (Phi) is 5.94. The number of aromatic nitrogens is 2. The van der Waals surface area contributed by atoms with Gasteiger partial charge in [0.1, 0.15) is 0 Å². The van der Waals surface area contributed by atoms with E-state index >= 15 is 0 Å². The van der Waals surface area contributed by atoms with E-state index < -0.39 is 0 Å². The van der Waals surface area contributed by atoms with Crippen molar-refractivity contribution in [1.29, 1.82) is 0 Å². The lowest BCUT2D eigenvalue weighted by molar-refractivity contribution is 0.102. The van der Waals surface area contributed by atoms with Gasteiger partial charge in [0.05, 0.1) is 11.9 Å². The van der Waals surface area contributed by atoms with Crippen molar-refractivity contribution in [3.63, 3.8) is 0 Å². The minimum atomic E-state index is -0.311. The second kappa shape index (κ2) is 8.96. The number of carbonyl (C=O) groups is 1. The average Bonchev–Trinajstić information content (AvgIpc) is 2.81. The van der Waals surface area contributed by atoms with Gasteiger partial charge in [-0.2, -0.15) is 5.10 Å². The third kappa shape index (κ3) is 4.12. The molecule has 5 heteroatoms. The van der Waals surface area contributed by atoms with Crippen molar-refractivity contribution in [2.24, 2.45) is 0 Å². The molecule has 3 aromatic carbocycles. The molecular formula is C26H25N3O2. The molecule has 1 N–H and O–H groups in total. The van der Waals surface area contributed by atoms with Gasteiger partial charge in [-0.3, -0.25) is 9.59 Å². The SMILES string of the molecule is CCc1cccc(CC)c1NC(=O)c1nn(Cc2ccccc2)c(=O)c2ccccc12. The van der Waals surface area contributed by atoms with E-state index in [1.807, 2.05) is 54.6 Å². The minimum absolute atomic E-state index is 0.209. The van der Waals surface area contributed by atoms with Gasteiger partial charge in [0, 0.05) is 11.1 Å². The van der Waals surface area contributed by atoms with Crippen LogP contribution in [-0.4, -0.2) is 15.7 Å². The number of nitrogens with zero attached hydrogens (tertiary/aromatic N) is 2. The Morgan fingerprint density at radius 3 is 2.10 bits per heavy atom. The first-order valence-corrected chi connectivity index (χ1v) is 10.6. The Bertz CT molecular complexity index is 1270. The highest BCUT2D eigenvalue weighted by atomic mass is 16.2. The van der Waals surface area contributed by atoms with E-state index in [0.29, 0.717) is 17.3 Å². The number of hydrogen-bond donors (Lipinski definition) is 1. The summed E-state index contributed by atoms with van der Waals surface area (Å²) in [6.07, 6.45) is 1.62. The third-order valence-corrected chi connectivity index (χ3v) is 5.50. The zero-order valence-corrected chi connectivity index (χ0v) is 17.8. The molecular weight excluding hydrogens is 386 g/mol. The molecule has 0 saturated heterocycles. The Balaban J connectivity index is 1.81. The van der Waals surface area contributed by atoms with Crippen LogP contribution < -0.4 is 10.9 Å². The summed E-state index contributed by atoms with van der Waals surface area (Å²) in [5.74, 6) is -0.311. The summed E-state index contributed by atoms with van der Waals surface area (Å²) in [4.78, 5) is 26.4. The zero-order valence-electron chi connectivity index (χ0n) is 17.8. The number of anilines is 1. The first-order chi connectivity index (χ1) is 15.1. The Morgan fingerprint density at radius 2 is 1.45 bits per heavy atom. The quantitative estimate of drug-likeness (QED) is 0.495. The fraction of sp³-hybridized carbons (Fsp3) is 0.192. The number of carbonyl (C=O) groups excluding carboxylic acids is 1. The summed E-state index contributed by atoms with van der Waals surface area (Å²) in [5, 5.41) is 8.62. The summed E-state index contributed by atoms with van der Waals surface area (Å²) in [7, 11) is 0. The van der Waals surface area contributed by atoms with E-state index in [-0.39, 0.29) is 17.2 Å². The van der Waals surface area contributed by atoms with Crippen LogP contribution in [0.1, 0.15) is 41.0 Å². The maximum absolute atomic E-state index is 13.4. The third-order valence-electron chi connectivity index (χ3n) is 5.50. The smallest absolute Gasteiger partial charge is 0.276 e. The summed E-state index contributed by atoms with van der Waals surface area (Å²) < 4.78 is 1.37. The van der Waals surface area contributed by atoms with Gasteiger partial charge in [-0.1, -0.05) is 80.6 Å². The van der Waals surface area contributed by atoms with Gasteiger partial charge in [-0.25, -0.2) is 4.68 Å². The molecule has 0 bridgehead atoms. The van der Waals surface area contributed by atoms with E-state index in [1.165, 1.54) is 4.68 Å². The van der Waals surface area contributed by atoms with Gasteiger partial charge < -0.3 is 5.32 Å². The van der Waals surface area contributed by atoms with E-state index in [1.54, 1.807) is 18.2 Å². The normalized spacial score (nSPS) is 10.9. The fourth-order valence-corrected chi connectivity index (χ4v) is 3.84. The molecule has 0 unspecified atom stereocenters. The minimum Gasteiger partial charge on any atom is -0.320 e. The van der Waals surface area contributed by atoms with E-state index in [4.69, 9.17) is 0 Å². The molecule has 0 aliphatic carbocycles. The first-order valence-electron chi connectivity index (χ1n) is 10.6. The highest BCUT2D eigenvalue weighted by Gasteiger charge is 2.19. The van der Waals surface area contributed by atoms with Crippen LogP contribution in [0.25, 0.3) is 10.8 Å². The van der Waals surface area contributed by atoms with Gasteiger partial charge in [0.2, 0.25) is 0 Å². The van der Waals surface area contributed by atoms with Crippen LogP contribution in [0.15, 0.2) is 77.6 Å². The van der Waals surface area contributed by atoms with Crippen molar-refractivity contribution < 1.29 is 4.79 Å². The Hall–Kier alpha value is -3.73. The highest BCUT2D eigenvalue weighted by molar-refractivity contribution is 6.11. The lowest BCUT2D eigenvalue weighted by Crippen LogP contribution is -2.28. The molecule has 1 amide bonds. The monoisotopic (exact) mass is 411 g/mol. The lowest BCUT2D eigenvalue weighted by atomic mass is 10.0.